The van der Waals surface area contributed by atoms with E-state index in [4.69, 9.17) is 0 Å². The van der Waals surface area contributed by atoms with E-state index in [1.54, 1.807) is 12.4 Å². The summed E-state index contributed by atoms with van der Waals surface area (Å²) in [5.74, 6) is 0.00416. The van der Waals surface area contributed by atoms with Crippen LogP contribution in [0.4, 0.5) is 0 Å². The lowest BCUT2D eigenvalue weighted by Crippen LogP contribution is -2.31. The van der Waals surface area contributed by atoms with Gasteiger partial charge in [-0.15, -0.1) is 11.3 Å². The summed E-state index contributed by atoms with van der Waals surface area (Å²) in [5.41, 5.74) is 2.08. The van der Waals surface area contributed by atoms with Crippen molar-refractivity contribution in [1.29, 1.82) is 0 Å². The Hall–Kier alpha value is -1.68. The van der Waals surface area contributed by atoms with Crippen molar-refractivity contribution in [3.05, 3.63) is 40.8 Å². The monoisotopic (exact) mass is 260 g/mol. The van der Waals surface area contributed by atoms with Gasteiger partial charge >= 0.3 is 0 Å². The van der Waals surface area contributed by atoms with Crippen molar-refractivity contribution in [2.45, 2.75) is 26.3 Å². The number of amides is 1. The molecule has 0 saturated carbocycles. The average molecular weight is 260 g/mol. The minimum atomic E-state index is 0.00416. The van der Waals surface area contributed by atoms with Crippen molar-refractivity contribution in [1.82, 2.24) is 10.3 Å². The van der Waals surface area contributed by atoms with Gasteiger partial charge in [-0.05, 0) is 36.4 Å². The summed E-state index contributed by atoms with van der Waals surface area (Å²) in [4.78, 5) is 16.8. The zero-order chi connectivity index (χ0) is 13.0. The molecule has 18 heavy (non-hydrogen) atoms. The summed E-state index contributed by atoms with van der Waals surface area (Å²) in [5, 5.41) is 4.96. The topological polar surface area (TPSA) is 42.0 Å². The van der Waals surface area contributed by atoms with Gasteiger partial charge in [0.2, 0.25) is 0 Å². The predicted molar refractivity (Wildman–Crippen MR) is 74.8 cm³/mol. The minimum Gasteiger partial charge on any atom is -0.349 e. The highest BCUT2D eigenvalue weighted by Gasteiger charge is 2.11. The molecule has 1 N–H and O–H groups in total. The molecule has 2 heterocycles. The van der Waals surface area contributed by atoms with Crippen molar-refractivity contribution in [3.63, 3.8) is 0 Å². The van der Waals surface area contributed by atoms with E-state index in [2.05, 4.69) is 17.2 Å². The zero-order valence-corrected chi connectivity index (χ0v) is 11.3. The fraction of sp³-hybridized carbons (Fsp3) is 0.286. The van der Waals surface area contributed by atoms with Gasteiger partial charge in [0.25, 0.3) is 5.91 Å². The van der Waals surface area contributed by atoms with Gasteiger partial charge in [-0.25, -0.2) is 0 Å². The lowest BCUT2D eigenvalue weighted by Gasteiger charge is -2.09. The number of rotatable bonds is 4. The number of carbonyl (C=O) groups excluding carboxylic acids is 1. The normalized spacial score (nSPS) is 12.1. The summed E-state index contributed by atoms with van der Waals surface area (Å²) in [6, 6.07) is 6.01. The lowest BCUT2D eigenvalue weighted by atomic mass is 10.1. The van der Waals surface area contributed by atoms with Crippen LogP contribution in [-0.2, 0) is 0 Å². The van der Waals surface area contributed by atoms with Crippen molar-refractivity contribution in [3.8, 4) is 11.1 Å². The molecule has 2 aromatic rings. The Labute approximate surface area is 111 Å². The molecule has 0 saturated heterocycles. The second-order valence-electron chi connectivity index (χ2n) is 4.22. The van der Waals surface area contributed by atoms with E-state index in [0.29, 0.717) is 0 Å². The first-order chi connectivity index (χ1) is 8.70. The van der Waals surface area contributed by atoms with Gasteiger partial charge in [0.05, 0.1) is 4.88 Å². The number of nitrogens with one attached hydrogen (secondary N) is 1. The molecule has 0 bridgehead atoms. The van der Waals surface area contributed by atoms with Crippen LogP contribution in [0.5, 0.6) is 0 Å². The van der Waals surface area contributed by atoms with E-state index in [9.17, 15) is 4.79 Å². The van der Waals surface area contributed by atoms with E-state index in [1.165, 1.54) is 11.3 Å². The van der Waals surface area contributed by atoms with Crippen LogP contribution in [0.3, 0.4) is 0 Å². The maximum absolute atomic E-state index is 11.9. The van der Waals surface area contributed by atoms with E-state index in [0.717, 1.165) is 22.4 Å². The highest BCUT2D eigenvalue weighted by Crippen LogP contribution is 2.24. The van der Waals surface area contributed by atoms with Crippen LogP contribution < -0.4 is 5.32 Å². The Morgan fingerprint density at radius 3 is 3.00 bits per heavy atom. The molecular weight excluding hydrogens is 244 g/mol. The van der Waals surface area contributed by atoms with Gasteiger partial charge in [-0.3, -0.25) is 9.78 Å². The van der Waals surface area contributed by atoms with Gasteiger partial charge in [0.1, 0.15) is 0 Å². The first-order valence-corrected chi connectivity index (χ1v) is 6.88. The molecule has 94 valence electrons. The van der Waals surface area contributed by atoms with Crippen LogP contribution in [-0.4, -0.2) is 16.9 Å². The largest absolute Gasteiger partial charge is 0.349 e. The molecule has 3 nitrogen and oxygen atoms in total. The van der Waals surface area contributed by atoms with E-state index >= 15 is 0 Å². The second kappa shape index (κ2) is 5.78. The quantitative estimate of drug-likeness (QED) is 0.916. The third kappa shape index (κ3) is 2.96. The van der Waals surface area contributed by atoms with E-state index < -0.39 is 0 Å². The van der Waals surface area contributed by atoms with E-state index in [-0.39, 0.29) is 11.9 Å². The summed E-state index contributed by atoms with van der Waals surface area (Å²) >= 11 is 1.47. The SMILES string of the molecule is CC[C@@H](C)NC(=O)c1cc(-c2cccnc2)cs1. The van der Waals surface area contributed by atoms with Gasteiger partial charge < -0.3 is 5.32 Å². The molecule has 0 aromatic carbocycles. The molecule has 1 amide bonds. The Morgan fingerprint density at radius 1 is 1.50 bits per heavy atom. The first kappa shape index (κ1) is 12.8. The molecule has 0 radical (unpaired) electrons. The number of nitrogens with zero attached hydrogens (tertiary/aromatic N) is 1. The molecule has 0 fully saturated rings. The maximum atomic E-state index is 11.9. The Bertz CT molecular complexity index is 522. The molecule has 2 aromatic heterocycles. The molecule has 0 aliphatic carbocycles. The molecule has 2 rings (SSSR count). The molecule has 4 heteroatoms. The fourth-order valence-electron chi connectivity index (χ4n) is 1.54. The molecular formula is C14H16N2OS. The number of hydrogen-bond acceptors (Lipinski definition) is 3. The van der Waals surface area contributed by atoms with Crippen LogP contribution in [0.2, 0.25) is 0 Å². The number of pyridine rings is 1. The molecule has 0 spiro atoms. The van der Waals surface area contributed by atoms with E-state index in [1.807, 2.05) is 30.5 Å². The zero-order valence-electron chi connectivity index (χ0n) is 10.5. The van der Waals surface area contributed by atoms with Crippen molar-refractivity contribution in [2.75, 3.05) is 0 Å². The third-order valence-electron chi connectivity index (χ3n) is 2.81. The van der Waals surface area contributed by atoms with Crippen molar-refractivity contribution < 1.29 is 4.79 Å². The molecule has 0 aliphatic rings. The van der Waals surface area contributed by atoms with Gasteiger partial charge in [-0.1, -0.05) is 13.0 Å². The number of carbonyl (C=O) groups is 1. The van der Waals surface area contributed by atoms with Crippen molar-refractivity contribution >= 4 is 17.2 Å². The third-order valence-corrected chi connectivity index (χ3v) is 3.74. The predicted octanol–water partition coefficient (Wildman–Crippen LogP) is 3.34. The van der Waals surface area contributed by atoms with Crippen LogP contribution >= 0.6 is 11.3 Å². The van der Waals surface area contributed by atoms with Gasteiger partial charge in [-0.2, -0.15) is 0 Å². The Kier molecular flexibility index (Phi) is 4.10. The number of hydrogen-bond donors (Lipinski definition) is 1. The summed E-state index contributed by atoms with van der Waals surface area (Å²) in [6.45, 7) is 4.06. The number of thiophene rings is 1. The summed E-state index contributed by atoms with van der Waals surface area (Å²) in [6.07, 6.45) is 4.48. The average Bonchev–Trinajstić information content (AvgIpc) is 2.89. The lowest BCUT2D eigenvalue weighted by molar-refractivity contribution is 0.0943. The molecule has 0 unspecified atom stereocenters. The Balaban J connectivity index is 2.13. The summed E-state index contributed by atoms with van der Waals surface area (Å²) in [7, 11) is 0. The molecule has 1 atom stereocenters. The minimum absolute atomic E-state index is 0.00416. The second-order valence-corrected chi connectivity index (χ2v) is 5.14. The van der Waals surface area contributed by atoms with Crippen LogP contribution in [0.15, 0.2) is 36.0 Å². The number of aromatic nitrogens is 1. The van der Waals surface area contributed by atoms with Gasteiger partial charge in [0.15, 0.2) is 0 Å². The van der Waals surface area contributed by atoms with Crippen molar-refractivity contribution in [2.24, 2.45) is 0 Å². The maximum Gasteiger partial charge on any atom is 0.261 e. The van der Waals surface area contributed by atoms with Crippen LogP contribution in [0.25, 0.3) is 11.1 Å². The standard InChI is InChI=1S/C14H16N2OS/c1-3-10(2)16-14(17)13-7-12(9-18-13)11-5-4-6-15-8-11/h4-10H,3H2,1-2H3,(H,16,17)/t10-/m1/s1. The van der Waals surface area contributed by atoms with Crippen LogP contribution in [0.1, 0.15) is 29.9 Å². The van der Waals surface area contributed by atoms with Gasteiger partial charge in [0, 0.05) is 24.0 Å². The van der Waals surface area contributed by atoms with Crippen LogP contribution in [0, 0.1) is 0 Å². The highest BCUT2D eigenvalue weighted by atomic mass is 32.1. The summed E-state index contributed by atoms with van der Waals surface area (Å²) < 4.78 is 0. The molecule has 0 aliphatic heterocycles. The fourth-order valence-corrected chi connectivity index (χ4v) is 2.36. The first-order valence-electron chi connectivity index (χ1n) is 6.00. The smallest absolute Gasteiger partial charge is 0.261 e. The highest BCUT2D eigenvalue weighted by molar-refractivity contribution is 7.12. The Morgan fingerprint density at radius 2 is 2.33 bits per heavy atom.